The Hall–Kier alpha value is -1.60. The lowest BCUT2D eigenvalue weighted by Crippen LogP contribution is -2.29. The van der Waals surface area contributed by atoms with Gasteiger partial charge in [-0.05, 0) is 24.8 Å². The Morgan fingerprint density at radius 2 is 2.12 bits per heavy atom. The SMILES string of the molecule is CCCCNc1nnc(SC(C(=O)NC2CC2)c2ccccc2)s1. The highest BCUT2D eigenvalue weighted by atomic mass is 32.2. The molecule has 1 aromatic heterocycles. The van der Waals surface area contributed by atoms with Crippen molar-refractivity contribution in [2.75, 3.05) is 11.9 Å². The van der Waals surface area contributed by atoms with Crippen molar-refractivity contribution in [1.29, 1.82) is 0 Å². The number of nitrogens with one attached hydrogen (secondary N) is 2. The fourth-order valence-electron chi connectivity index (χ4n) is 2.21. The first kappa shape index (κ1) is 17.2. The van der Waals surface area contributed by atoms with E-state index < -0.39 is 0 Å². The molecule has 1 heterocycles. The molecule has 2 N–H and O–H groups in total. The number of hydrogen-bond acceptors (Lipinski definition) is 6. The van der Waals surface area contributed by atoms with Crippen LogP contribution in [0.15, 0.2) is 34.7 Å². The third-order valence-electron chi connectivity index (χ3n) is 3.70. The van der Waals surface area contributed by atoms with E-state index >= 15 is 0 Å². The van der Waals surface area contributed by atoms with Gasteiger partial charge in [-0.25, -0.2) is 0 Å². The maximum absolute atomic E-state index is 12.6. The number of carbonyl (C=O) groups is 1. The summed E-state index contributed by atoms with van der Waals surface area (Å²) >= 11 is 2.98. The lowest BCUT2D eigenvalue weighted by Gasteiger charge is -2.15. The number of nitrogens with zero attached hydrogens (tertiary/aromatic N) is 2. The molecule has 1 aliphatic rings. The summed E-state index contributed by atoms with van der Waals surface area (Å²) in [5, 5.41) is 15.3. The van der Waals surface area contributed by atoms with Crippen LogP contribution < -0.4 is 10.6 Å². The second-order valence-corrected chi connectivity index (χ2v) is 8.17. The number of anilines is 1. The van der Waals surface area contributed by atoms with Crippen LogP contribution in [0.25, 0.3) is 0 Å². The van der Waals surface area contributed by atoms with Gasteiger partial charge in [0.15, 0.2) is 4.34 Å². The van der Waals surface area contributed by atoms with E-state index in [1.807, 2.05) is 30.3 Å². The zero-order chi connectivity index (χ0) is 16.8. The lowest BCUT2D eigenvalue weighted by molar-refractivity contribution is -0.120. The van der Waals surface area contributed by atoms with Gasteiger partial charge in [-0.15, -0.1) is 10.2 Å². The molecule has 24 heavy (non-hydrogen) atoms. The molecular formula is C17H22N4OS2. The topological polar surface area (TPSA) is 66.9 Å². The van der Waals surface area contributed by atoms with Gasteiger partial charge in [0.05, 0.1) is 0 Å². The molecule has 1 amide bonds. The van der Waals surface area contributed by atoms with E-state index in [0.717, 1.165) is 47.3 Å². The molecule has 0 radical (unpaired) electrons. The zero-order valence-electron chi connectivity index (χ0n) is 13.7. The molecule has 1 fully saturated rings. The third kappa shape index (κ3) is 4.95. The number of unbranched alkanes of at least 4 members (excludes halogenated alkanes) is 1. The second kappa shape index (κ2) is 8.48. The summed E-state index contributed by atoms with van der Waals surface area (Å²) in [7, 11) is 0. The minimum Gasteiger partial charge on any atom is -0.360 e. The highest BCUT2D eigenvalue weighted by Gasteiger charge is 2.29. The van der Waals surface area contributed by atoms with Gasteiger partial charge in [0.1, 0.15) is 5.25 Å². The van der Waals surface area contributed by atoms with Crippen LogP contribution in [0.2, 0.25) is 0 Å². The van der Waals surface area contributed by atoms with Crippen molar-refractivity contribution in [3.63, 3.8) is 0 Å². The van der Waals surface area contributed by atoms with Crippen LogP contribution in [0.5, 0.6) is 0 Å². The maximum atomic E-state index is 12.6. The molecule has 3 rings (SSSR count). The molecule has 2 aromatic rings. The van der Waals surface area contributed by atoms with Crippen molar-refractivity contribution in [3.05, 3.63) is 35.9 Å². The Bertz CT molecular complexity index is 658. The van der Waals surface area contributed by atoms with Crippen molar-refractivity contribution >= 4 is 34.1 Å². The fourth-order valence-corrected chi connectivity index (χ4v) is 4.19. The van der Waals surface area contributed by atoms with Gasteiger partial charge in [0, 0.05) is 12.6 Å². The summed E-state index contributed by atoms with van der Waals surface area (Å²) in [6.45, 7) is 3.06. The molecule has 7 heteroatoms. The number of aromatic nitrogens is 2. The van der Waals surface area contributed by atoms with Crippen LogP contribution in [-0.4, -0.2) is 28.7 Å². The highest BCUT2D eigenvalue weighted by Crippen LogP contribution is 2.38. The lowest BCUT2D eigenvalue weighted by atomic mass is 10.1. The Kier molecular flexibility index (Phi) is 6.09. The smallest absolute Gasteiger partial charge is 0.238 e. The molecule has 5 nitrogen and oxygen atoms in total. The molecule has 1 aliphatic carbocycles. The Labute approximate surface area is 150 Å². The summed E-state index contributed by atoms with van der Waals surface area (Å²) in [6, 6.07) is 10.2. The highest BCUT2D eigenvalue weighted by molar-refractivity contribution is 8.01. The third-order valence-corrected chi connectivity index (χ3v) is 5.92. The zero-order valence-corrected chi connectivity index (χ0v) is 15.3. The number of benzene rings is 1. The summed E-state index contributed by atoms with van der Waals surface area (Å²) in [5.74, 6) is 0.0596. The van der Waals surface area contributed by atoms with Crippen molar-refractivity contribution in [1.82, 2.24) is 15.5 Å². The standard InChI is InChI=1S/C17H22N4OS2/c1-2-3-11-18-16-20-21-17(24-16)23-14(12-7-5-4-6-8-12)15(22)19-13-9-10-13/h4-8,13-14H,2-3,9-11H2,1H3,(H,18,20)(H,19,22). The van der Waals surface area contributed by atoms with Crippen molar-refractivity contribution in [2.24, 2.45) is 0 Å². The average molecular weight is 363 g/mol. The van der Waals surface area contributed by atoms with Crippen molar-refractivity contribution in [2.45, 2.75) is 48.2 Å². The number of rotatable bonds is 9. The molecule has 128 valence electrons. The first-order valence-electron chi connectivity index (χ1n) is 8.35. The summed E-state index contributed by atoms with van der Waals surface area (Å²) in [6.07, 6.45) is 4.42. The van der Waals surface area contributed by atoms with Gasteiger partial charge in [0.25, 0.3) is 0 Å². The Balaban J connectivity index is 1.68. The first-order chi connectivity index (χ1) is 11.8. The van der Waals surface area contributed by atoms with Gasteiger partial charge in [-0.1, -0.05) is 66.8 Å². The molecule has 1 aromatic carbocycles. The van der Waals surface area contributed by atoms with Gasteiger partial charge < -0.3 is 10.6 Å². The van der Waals surface area contributed by atoms with Crippen molar-refractivity contribution in [3.8, 4) is 0 Å². The largest absolute Gasteiger partial charge is 0.360 e. The van der Waals surface area contributed by atoms with Gasteiger partial charge in [0.2, 0.25) is 11.0 Å². The molecule has 1 unspecified atom stereocenters. The quantitative estimate of drug-likeness (QED) is 0.524. The van der Waals surface area contributed by atoms with Crippen LogP contribution in [0.3, 0.4) is 0 Å². The summed E-state index contributed by atoms with van der Waals surface area (Å²) in [4.78, 5) is 12.6. The molecule has 1 saturated carbocycles. The molecule has 0 spiro atoms. The van der Waals surface area contributed by atoms with E-state index in [2.05, 4.69) is 27.8 Å². The van der Waals surface area contributed by atoms with Gasteiger partial charge in [-0.2, -0.15) is 0 Å². The van der Waals surface area contributed by atoms with E-state index in [9.17, 15) is 4.79 Å². The Morgan fingerprint density at radius 3 is 2.83 bits per heavy atom. The van der Waals surface area contributed by atoms with Crippen LogP contribution in [0, 0.1) is 0 Å². The maximum Gasteiger partial charge on any atom is 0.238 e. The Morgan fingerprint density at radius 1 is 1.33 bits per heavy atom. The monoisotopic (exact) mass is 362 g/mol. The number of amides is 1. The van der Waals surface area contributed by atoms with Crippen LogP contribution in [0.4, 0.5) is 5.13 Å². The first-order valence-corrected chi connectivity index (χ1v) is 10.0. The van der Waals surface area contributed by atoms with E-state index in [1.165, 1.54) is 23.1 Å². The van der Waals surface area contributed by atoms with E-state index in [0.29, 0.717) is 6.04 Å². The van der Waals surface area contributed by atoms with Crippen LogP contribution >= 0.6 is 23.1 Å². The van der Waals surface area contributed by atoms with Gasteiger partial charge >= 0.3 is 0 Å². The molecule has 0 aliphatic heterocycles. The van der Waals surface area contributed by atoms with E-state index in [1.54, 1.807) is 0 Å². The second-order valence-electron chi connectivity index (χ2n) is 5.84. The van der Waals surface area contributed by atoms with Crippen LogP contribution in [-0.2, 0) is 4.79 Å². The van der Waals surface area contributed by atoms with Gasteiger partial charge in [-0.3, -0.25) is 4.79 Å². The molecule has 0 saturated heterocycles. The minimum absolute atomic E-state index is 0.0596. The fraction of sp³-hybridized carbons (Fsp3) is 0.471. The van der Waals surface area contributed by atoms with Crippen molar-refractivity contribution < 1.29 is 4.79 Å². The predicted molar refractivity (Wildman–Crippen MR) is 99.5 cm³/mol. The minimum atomic E-state index is -0.289. The number of hydrogen-bond donors (Lipinski definition) is 2. The predicted octanol–water partition coefficient (Wildman–Crippen LogP) is 3.86. The number of thioether (sulfide) groups is 1. The van der Waals surface area contributed by atoms with E-state index in [-0.39, 0.29) is 11.2 Å². The summed E-state index contributed by atoms with van der Waals surface area (Å²) in [5.41, 5.74) is 0.997. The molecule has 1 atom stereocenters. The molecular weight excluding hydrogens is 340 g/mol. The number of carbonyl (C=O) groups excluding carboxylic acids is 1. The van der Waals surface area contributed by atoms with Crippen LogP contribution in [0.1, 0.15) is 43.4 Å². The average Bonchev–Trinajstić information content (AvgIpc) is 3.30. The van der Waals surface area contributed by atoms with E-state index in [4.69, 9.17) is 0 Å². The molecule has 0 bridgehead atoms. The normalized spacial score (nSPS) is 15.0. The summed E-state index contributed by atoms with van der Waals surface area (Å²) < 4.78 is 0.814.